The summed E-state index contributed by atoms with van der Waals surface area (Å²) in [6.45, 7) is 5.95. The van der Waals surface area contributed by atoms with Gasteiger partial charge in [0.25, 0.3) is 0 Å². The summed E-state index contributed by atoms with van der Waals surface area (Å²) >= 11 is 0. The van der Waals surface area contributed by atoms with E-state index >= 15 is 0 Å². The normalized spacial score (nSPS) is 16.3. The quantitative estimate of drug-likeness (QED) is 0.746. The van der Waals surface area contributed by atoms with Gasteiger partial charge in [-0.05, 0) is 13.3 Å². The Labute approximate surface area is 108 Å². The second kappa shape index (κ2) is 7.13. The number of ketones is 1. The molecule has 0 saturated carbocycles. The second-order valence-electron chi connectivity index (χ2n) is 4.67. The Balaban J connectivity index is 2.43. The highest BCUT2D eigenvalue weighted by molar-refractivity contribution is 5.83. The van der Waals surface area contributed by atoms with Crippen LogP contribution in [0.5, 0.6) is 0 Å². The van der Waals surface area contributed by atoms with Crippen molar-refractivity contribution in [2.24, 2.45) is 0 Å². The number of carbonyl (C=O) groups is 3. The highest BCUT2D eigenvalue weighted by Crippen LogP contribution is 2.07. The molecule has 1 aliphatic rings. The lowest BCUT2D eigenvalue weighted by atomic mass is 10.2. The minimum absolute atomic E-state index is 0.0241. The molecular weight excluding hydrogens is 232 g/mol. The molecule has 5 nitrogen and oxygen atoms in total. The fourth-order valence-electron chi connectivity index (χ4n) is 2.08. The maximum absolute atomic E-state index is 11.9. The van der Waals surface area contributed by atoms with Crippen LogP contribution >= 0.6 is 0 Å². The summed E-state index contributed by atoms with van der Waals surface area (Å²) < 4.78 is 0. The summed E-state index contributed by atoms with van der Waals surface area (Å²) in [6, 6.07) is 0. The lowest BCUT2D eigenvalue weighted by molar-refractivity contribution is -0.134. The van der Waals surface area contributed by atoms with E-state index in [0.29, 0.717) is 32.5 Å². The van der Waals surface area contributed by atoms with Gasteiger partial charge in [0, 0.05) is 45.4 Å². The van der Waals surface area contributed by atoms with Gasteiger partial charge < -0.3 is 14.6 Å². The Morgan fingerprint density at radius 1 is 0.889 bits per heavy atom. The number of hydrogen-bond donors (Lipinski definition) is 0. The Morgan fingerprint density at radius 3 is 1.94 bits per heavy atom. The number of amides is 2. The number of hydrogen-bond acceptors (Lipinski definition) is 3. The van der Waals surface area contributed by atoms with Crippen LogP contribution < -0.4 is 0 Å². The van der Waals surface area contributed by atoms with Crippen molar-refractivity contribution in [1.29, 1.82) is 0 Å². The smallest absolute Gasteiger partial charge is 0.223 e. The molecule has 0 aliphatic carbocycles. The van der Waals surface area contributed by atoms with Gasteiger partial charge in [-0.1, -0.05) is 6.92 Å². The molecule has 0 aromatic rings. The molecule has 1 saturated heterocycles. The maximum atomic E-state index is 11.9. The van der Waals surface area contributed by atoms with Crippen LogP contribution in [-0.4, -0.2) is 53.6 Å². The van der Waals surface area contributed by atoms with Crippen LogP contribution in [0.25, 0.3) is 0 Å². The third-order valence-corrected chi connectivity index (χ3v) is 3.19. The fourth-order valence-corrected chi connectivity index (χ4v) is 2.08. The van der Waals surface area contributed by atoms with E-state index in [9.17, 15) is 14.4 Å². The first-order valence-electron chi connectivity index (χ1n) is 6.59. The molecule has 0 N–H and O–H groups in total. The summed E-state index contributed by atoms with van der Waals surface area (Å²) in [5.41, 5.74) is 0. The van der Waals surface area contributed by atoms with E-state index in [1.54, 1.807) is 4.90 Å². The molecule has 0 atom stereocenters. The van der Waals surface area contributed by atoms with Crippen molar-refractivity contribution in [2.75, 3.05) is 26.2 Å². The largest absolute Gasteiger partial charge is 0.341 e. The Hall–Kier alpha value is -1.39. The molecule has 0 aromatic carbocycles. The van der Waals surface area contributed by atoms with Crippen molar-refractivity contribution >= 4 is 17.6 Å². The van der Waals surface area contributed by atoms with Crippen LogP contribution in [0.2, 0.25) is 0 Å². The Morgan fingerprint density at radius 2 is 1.44 bits per heavy atom. The van der Waals surface area contributed by atoms with Gasteiger partial charge in [-0.15, -0.1) is 0 Å². The predicted molar refractivity (Wildman–Crippen MR) is 68.0 cm³/mol. The van der Waals surface area contributed by atoms with Crippen molar-refractivity contribution in [3.05, 3.63) is 0 Å². The zero-order chi connectivity index (χ0) is 13.5. The van der Waals surface area contributed by atoms with Crippen molar-refractivity contribution < 1.29 is 14.4 Å². The Kier molecular flexibility index (Phi) is 5.82. The van der Waals surface area contributed by atoms with E-state index in [4.69, 9.17) is 0 Å². The molecule has 0 spiro atoms. The molecule has 102 valence electrons. The van der Waals surface area contributed by atoms with Crippen molar-refractivity contribution in [2.45, 2.75) is 39.5 Å². The molecule has 2 amide bonds. The number of Topliss-reactive ketones (excluding diaryl/α,β-unsaturated/α-hetero) is 1. The zero-order valence-electron chi connectivity index (χ0n) is 11.3. The molecule has 18 heavy (non-hydrogen) atoms. The first-order valence-corrected chi connectivity index (χ1v) is 6.59. The number of rotatable bonds is 4. The molecule has 0 bridgehead atoms. The monoisotopic (exact) mass is 254 g/mol. The Bertz CT molecular complexity index is 328. The fraction of sp³-hybridized carbons (Fsp3) is 0.769. The van der Waals surface area contributed by atoms with Gasteiger partial charge in [-0.2, -0.15) is 0 Å². The average Bonchev–Trinajstić information content (AvgIpc) is 2.60. The standard InChI is InChI=1S/C13H22N2O3/c1-3-12(17)14-7-4-8-15(10-9-14)13(18)6-5-11(2)16/h3-10H2,1-2H3. The lowest BCUT2D eigenvalue weighted by Crippen LogP contribution is -2.37. The van der Waals surface area contributed by atoms with Crippen molar-refractivity contribution in [3.63, 3.8) is 0 Å². The second-order valence-corrected chi connectivity index (χ2v) is 4.67. The predicted octanol–water partition coefficient (Wildman–Crippen LogP) is 0.826. The van der Waals surface area contributed by atoms with E-state index in [2.05, 4.69) is 0 Å². The van der Waals surface area contributed by atoms with Crippen LogP contribution in [-0.2, 0) is 14.4 Å². The third kappa shape index (κ3) is 4.47. The van der Waals surface area contributed by atoms with Gasteiger partial charge in [0.2, 0.25) is 11.8 Å². The summed E-state index contributed by atoms with van der Waals surface area (Å²) in [7, 11) is 0. The van der Waals surface area contributed by atoms with E-state index in [1.807, 2.05) is 11.8 Å². The van der Waals surface area contributed by atoms with Crippen molar-refractivity contribution in [3.8, 4) is 0 Å². The van der Waals surface area contributed by atoms with Crippen LogP contribution in [0.3, 0.4) is 0 Å². The van der Waals surface area contributed by atoms with Gasteiger partial charge in [0.05, 0.1) is 0 Å². The first-order chi connectivity index (χ1) is 8.54. The maximum Gasteiger partial charge on any atom is 0.223 e. The number of nitrogens with zero attached hydrogens (tertiary/aromatic N) is 2. The van der Waals surface area contributed by atoms with E-state index in [1.165, 1.54) is 6.92 Å². The van der Waals surface area contributed by atoms with Gasteiger partial charge in [-0.25, -0.2) is 0 Å². The zero-order valence-corrected chi connectivity index (χ0v) is 11.3. The van der Waals surface area contributed by atoms with Gasteiger partial charge >= 0.3 is 0 Å². The molecule has 1 rings (SSSR count). The van der Waals surface area contributed by atoms with E-state index < -0.39 is 0 Å². The summed E-state index contributed by atoms with van der Waals surface area (Å²) in [5, 5.41) is 0. The van der Waals surface area contributed by atoms with Crippen LogP contribution in [0.1, 0.15) is 39.5 Å². The average molecular weight is 254 g/mol. The molecule has 0 unspecified atom stereocenters. The lowest BCUT2D eigenvalue weighted by Gasteiger charge is -2.21. The minimum atomic E-state index is 0.0241. The summed E-state index contributed by atoms with van der Waals surface area (Å²) in [6.07, 6.45) is 1.93. The van der Waals surface area contributed by atoms with E-state index in [0.717, 1.165) is 13.0 Å². The first kappa shape index (κ1) is 14.7. The summed E-state index contributed by atoms with van der Waals surface area (Å²) in [5.74, 6) is 0.213. The van der Waals surface area contributed by atoms with E-state index in [-0.39, 0.29) is 24.0 Å². The molecule has 1 heterocycles. The highest BCUT2D eigenvalue weighted by Gasteiger charge is 2.20. The van der Waals surface area contributed by atoms with Crippen LogP contribution in [0, 0.1) is 0 Å². The van der Waals surface area contributed by atoms with Gasteiger partial charge in [0.15, 0.2) is 0 Å². The van der Waals surface area contributed by atoms with Crippen LogP contribution in [0.4, 0.5) is 0 Å². The molecule has 5 heteroatoms. The summed E-state index contributed by atoms with van der Waals surface area (Å²) in [4.78, 5) is 37.9. The number of carbonyl (C=O) groups excluding carboxylic acids is 3. The van der Waals surface area contributed by atoms with Crippen molar-refractivity contribution in [1.82, 2.24) is 9.80 Å². The van der Waals surface area contributed by atoms with Gasteiger partial charge in [0.1, 0.15) is 5.78 Å². The third-order valence-electron chi connectivity index (χ3n) is 3.19. The molecular formula is C13H22N2O3. The molecule has 1 aliphatic heterocycles. The van der Waals surface area contributed by atoms with Crippen LogP contribution in [0.15, 0.2) is 0 Å². The highest BCUT2D eigenvalue weighted by atomic mass is 16.2. The minimum Gasteiger partial charge on any atom is -0.341 e. The molecule has 0 radical (unpaired) electrons. The topological polar surface area (TPSA) is 57.7 Å². The molecule has 0 aromatic heterocycles. The molecule has 1 fully saturated rings. The van der Waals surface area contributed by atoms with Gasteiger partial charge in [-0.3, -0.25) is 9.59 Å². The SMILES string of the molecule is CCC(=O)N1CCCN(C(=O)CCC(C)=O)CC1.